The highest BCUT2D eigenvalue weighted by molar-refractivity contribution is 7.92. The monoisotopic (exact) mass is 681 g/mol. The summed E-state index contributed by atoms with van der Waals surface area (Å²) in [7, 11) is -4.35. The molecule has 1 aliphatic carbocycles. The van der Waals surface area contributed by atoms with Crippen molar-refractivity contribution in [2.75, 3.05) is 10.8 Å². The molecule has 1 atom stereocenters. The third-order valence-corrected chi connectivity index (χ3v) is 10.6. The van der Waals surface area contributed by atoms with E-state index >= 15 is 0 Å². The molecule has 1 N–H and O–H groups in total. The van der Waals surface area contributed by atoms with Gasteiger partial charge in [-0.1, -0.05) is 90.6 Å². The van der Waals surface area contributed by atoms with E-state index in [9.17, 15) is 22.4 Å². The Morgan fingerprint density at radius 2 is 1.41 bits per heavy atom. The Hall–Kier alpha value is -3.92. The Morgan fingerprint density at radius 3 is 2.02 bits per heavy atom. The molecule has 7 nitrogen and oxygen atoms in total. The first-order chi connectivity index (χ1) is 22.1. The standard InChI is InChI=1S/C35H34Cl2FN3O4S/c36-31-16-9-17-32(37)30(31)23-40(33(22-25-10-3-1-4-11-25)35(43)39-27-12-7-8-13-27)34(42)24-41(28-14-5-2-6-15-28)46(44,45)29-20-18-26(38)19-21-29/h1-6,9-11,14-21,27,33H,7-8,12-13,22-24H2,(H,39,43)/t33-/m0/s1. The van der Waals surface area contributed by atoms with Gasteiger partial charge in [-0.3, -0.25) is 13.9 Å². The van der Waals surface area contributed by atoms with Gasteiger partial charge >= 0.3 is 0 Å². The highest BCUT2D eigenvalue weighted by Crippen LogP contribution is 2.29. The molecule has 4 aromatic rings. The SMILES string of the molecule is O=C(NC1CCCC1)[C@H](Cc1ccccc1)N(Cc1c(Cl)cccc1Cl)C(=O)CN(c1ccccc1)S(=O)(=O)c1ccc(F)cc1. The predicted molar refractivity (Wildman–Crippen MR) is 179 cm³/mol. The summed E-state index contributed by atoms with van der Waals surface area (Å²) in [5.74, 6) is -1.59. The number of nitrogens with zero attached hydrogens (tertiary/aromatic N) is 2. The van der Waals surface area contributed by atoms with Crippen LogP contribution in [-0.2, 0) is 32.6 Å². The fraction of sp³-hybridized carbons (Fsp3) is 0.257. The molecule has 0 spiro atoms. The molecule has 0 heterocycles. The minimum absolute atomic E-state index is 0.0219. The van der Waals surface area contributed by atoms with E-state index in [1.165, 1.54) is 4.90 Å². The highest BCUT2D eigenvalue weighted by Gasteiger charge is 2.36. The fourth-order valence-corrected chi connectivity index (χ4v) is 7.56. The molecule has 0 bridgehead atoms. The average Bonchev–Trinajstić information content (AvgIpc) is 3.56. The predicted octanol–water partition coefficient (Wildman–Crippen LogP) is 7.03. The molecule has 0 unspecified atom stereocenters. The van der Waals surface area contributed by atoms with Crippen molar-refractivity contribution in [3.63, 3.8) is 0 Å². The number of carbonyl (C=O) groups is 2. The molecule has 0 aromatic heterocycles. The van der Waals surface area contributed by atoms with Crippen molar-refractivity contribution >= 4 is 50.7 Å². The largest absolute Gasteiger partial charge is 0.352 e. The van der Waals surface area contributed by atoms with Crippen molar-refractivity contribution in [1.82, 2.24) is 10.2 Å². The van der Waals surface area contributed by atoms with Gasteiger partial charge in [0.15, 0.2) is 0 Å². The molecule has 11 heteroatoms. The molecule has 0 radical (unpaired) electrons. The second kappa shape index (κ2) is 15.1. The Bertz CT molecular complexity index is 1730. The van der Waals surface area contributed by atoms with Gasteiger partial charge in [0.05, 0.1) is 10.6 Å². The van der Waals surface area contributed by atoms with E-state index in [4.69, 9.17) is 23.2 Å². The Kier molecular flexibility index (Phi) is 11.0. The van der Waals surface area contributed by atoms with Gasteiger partial charge in [0.25, 0.3) is 10.0 Å². The van der Waals surface area contributed by atoms with E-state index in [-0.39, 0.29) is 35.5 Å². The summed E-state index contributed by atoms with van der Waals surface area (Å²) in [4.78, 5) is 29.8. The van der Waals surface area contributed by atoms with Crippen LogP contribution in [0, 0.1) is 5.82 Å². The van der Waals surface area contributed by atoms with E-state index in [0.717, 1.165) is 59.8 Å². The lowest BCUT2D eigenvalue weighted by Crippen LogP contribution is -2.54. The topological polar surface area (TPSA) is 86.8 Å². The van der Waals surface area contributed by atoms with Crippen LogP contribution in [-0.4, -0.2) is 43.8 Å². The molecule has 240 valence electrons. The summed E-state index contributed by atoms with van der Waals surface area (Å²) in [5.41, 5.74) is 1.47. The molecular weight excluding hydrogens is 648 g/mol. The van der Waals surface area contributed by atoms with E-state index < -0.39 is 34.3 Å². The number of nitrogens with one attached hydrogen (secondary N) is 1. The van der Waals surface area contributed by atoms with E-state index in [1.54, 1.807) is 48.5 Å². The molecule has 4 aromatic carbocycles. The lowest BCUT2D eigenvalue weighted by Gasteiger charge is -2.34. The summed E-state index contributed by atoms with van der Waals surface area (Å²) in [6.07, 6.45) is 3.85. The first-order valence-electron chi connectivity index (χ1n) is 15.0. The average molecular weight is 683 g/mol. The normalized spacial score (nSPS) is 14.1. The van der Waals surface area contributed by atoms with Crippen molar-refractivity contribution in [3.8, 4) is 0 Å². The van der Waals surface area contributed by atoms with Gasteiger partial charge in [-0.25, -0.2) is 12.8 Å². The highest BCUT2D eigenvalue weighted by atomic mass is 35.5. The quantitative estimate of drug-likeness (QED) is 0.174. The van der Waals surface area contributed by atoms with Crippen molar-refractivity contribution < 1.29 is 22.4 Å². The Morgan fingerprint density at radius 1 is 0.826 bits per heavy atom. The molecule has 5 rings (SSSR count). The number of anilines is 1. The van der Waals surface area contributed by atoms with Crippen molar-refractivity contribution in [1.29, 1.82) is 0 Å². The Labute approximate surface area is 279 Å². The first kappa shape index (κ1) is 33.4. The molecule has 0 aliphatic heterocycles. The number of benzene rings is 4. The summed E-state index contributed by atoms with van der Waals surface area (Å²) < 4.78 is 42.7. The van der Waals surface area contributed by atoms with Crippen molar-refractivity contribution in [2.45, 2.75) is 55.6 Å². The fourth-order valence-electron chi connectivity index (χ4n) is 5.63. The minimum Gasteiger partial charge on any atom is -0.352 e. The summed E-state index contributed by atoms with van der Waals surface area (Å²) in [6.45, 7) is -0.792. The molecule has 0 saturated heterocycles. The lowest BCUT2D eigenvalue weighted by molar-refractivity contribution is -0.140. The zero-order valence-electron chi connectivity index (χ0n) is 25.0. The van der Waals surface area contributed by atoms with Gasteiger partial charge in [-0.05, 0) is 66.9 Å². The van der Waals surface area contributed by atoms with Gasteiger partial charge in [-0.2, -0.15) is 0 Å². The smallest absolute Gasteiger partial charge is 0.264 e. The van der Waals surface area contributed by atoms with Crippen LogP contribution in [0.1, 0.15) is 36.8 Å². The first-order valence-corrected chi connectivity index (χ1v) is 17.2. The maximum atomic E-state index is 14.6. The number of rotatable bonds is 12. The van der Waals surface area contributed by atoms with Gasteiger partial charge in [-0.15, -0.1) is 0 Å². The van der Waals surface area contributed by atoms with Crippen LogP contribution < -0.4 is 9.62 Å². The molecule has 2 amide bonds. The van der Waals surface area contributed by atoms with Crippen LogP contribution in [0.4, 0.5) is 10.1 Å². The van der Waals surface area contributed by atoms with Crippen molar-refractivity contribution in [2.24, 2.45) is 0 Å². The zero-order chi connectivity index (χ0) is 32.7. The number of amides is 2. The minimum atomic E-state index is -4.35. The maximum absolute atomic E-state index is 14.6. The summed E-state index contributed by atoms with van der Waals surface area (Å²) >= 11 is 13.1. The molecular formula is C35H34Cl2FN3O4S. The van der Waals surface area contributed by atoms with Crippen LogP contribution in [0.25, 0.3) is 0 Å². The Balaban J connectivity index is 1.58. The van der Waals surface area contributed by atoms with Gasteiger partial charge in [0.1, 0.15) is 18.4 Å². The summed E-state index contributed by atoms with van der Waals surface area (Å²) in [6, 6.07) is 25.8. The number of halogens is 3. The third-order valence-electron chi connectivity index (χ3n) is 8.09. The van der Waals surface area contributed by atoms with Gasteiger partial charge in [0, 0.05) is 34.6 Å². The van der Waals surface area contributed by atoms with Gasteiger partial charge < -0.3 is 10.2 Å². The van der Waals surface area contributed by atoms with Gasteiger partial charge in [0.2, 0.25) is 11.8 Å². The molecule has 1 aliphatic rings. The van der Waals surface area contributed by atoms with Crippen LogP contribution in [0.5, 0.6) is 0 Å². The van der Waals surface area contributed by atoms with Crippen LogP contribution >= 0.6 is 23.2 Å². The van der Waals surface area contributed by atoms with Crippen LogP contribution in [0.3, 0.4) is 0 Å². The summed E-state index contributed by atoms with van der Waals surface area (Å²) in [5, 5.41) is 3.74. The van der Waals surface area contributed by atoms with E-state index in [0.29, 0.717) is 15.6 Å². The third kappa shape index (κ3) is 8.07. The number of hydrogen-bond acceptors (Lipinski definition) is 4. The van der Waals surface area contributed by atoms with E-state index in [2.05, 4.69) is 5.32 Å². The molecule has 1 fully saturated rings. The number of hydrogen-bond donors (Lipinski definition) is 1. The number of carbonyl (C=O) groups excluding carboxylic acids is 2. The second-order valence-corrected chi connectivity index (χ2v) is 13.9. The maximum Gasteiger partial charge on any atom is 0.264 e. The zero-order valence-corrected chi connectivity index (χ0v) is 27.3. The number of sulfonamides is 1. The van der Waals surface area contributed by atoms with E-state index in [1.807, 2.05) is 30.3 Å². The van der Waals surface area contributed by atoms with Crippen LogP contribution in [0.15, 0.2) is 108 Å². The number of para-hydroxylation sites is 1. The van der Waals surface area contributed by atoms with Crippen molar-refractivity contribution in [3.05, 3.63) is 130 Å². The second-order valence-electron chi connectivity index (χ2n) is 11.2. The molecule has 46 heavy (non-hydrogen) atoms. The lowest BCUT2D eigenvalue weighted by atomic mass is 10.0. The molecule has 1 saturated carbocycles. The van der Waals surface area contributed by atoms with Crippen LogP contribution in [0.2, 0.25) is 10.0 Å².